The second-order valence-electron chi connectivity index (χ2n) is 4.53. The fraction of sp³-hybridized carbons (Fsp3) is 0.500. The molecule has 1 aromatic heterocycles. The molecule has 4 nitrogen and oxygen atoms in total. The average molecular weight is 255 g/mol. The number of aliphatic carboxylic acids is 1. The van der Waals surface area contributed by atoms with E-state index in [1.807, 2.05) is 17.5 Å². The maximum atomic E-state index is 11.4. The van der Waals surface area contributed by atoms with Gasteiger partial charge in [0.25, 0.3) is 0 Å². The molecule has 1 heterocycles. The van der Waals surface area contributed by atoms with Crippen molar-refractivity contribution in [1.82, 2.24) is 5.32 Å². The van der Waals surface area contributed by atoms with E-state index in [2.05, 4.69) is 19.2 Å². The molecule has 0 saturated heterocycles. The minimum Gasteiger partial charge on any atom is -0.481 e. The van der Waals surface area contributed by atoms with Crippen LogP contribution in [0.1, 0.15) is 31.6 Å². The lowest BCUT2D eigenvalue weighted by Gasteiger charge is -2.23. The van der Waals surface area contributed by atoms with E-state index >= 15 is 0 Å². The van der Waals surface area contributed by atoms with Crippen molar-refractivity contribution < 1.29 is 14.7 Å². The van der Waals surface area contributed by atoms with Crippen molar-refractivity contribution in [2.24, 2.45) is 0 Å². The summed E-state index contributed by atoms with van der Waals surface area (Å²) in [6.45, 7) is 4.62. The maximum Gasteiger partial charge on any atom is 0.303 e. The van der Waals surface area contributed by atoms with Crippen molar-refractivity contribution in [3.8, 4) is 0 Å². The maximum absolute atomic E-state index is 11.4. The van der Waals surface area contributed by atoms with E-state index in [1.54, 1.807) is 11.3 Å². The number of nitrogens with one attached hydrogen (secondary N) is 1. The Morgan fingerprint density at radius 3 is 2.65 bits per heavy atom. The molecular weight excluding hydrogens is 238 g/mol. The minimum absolute atomic E-state index is 0.0376. The topological polar surface area (TPSA) is 66.4 Å². The normalized spacial score (nSPS) is 11.2. The predicted octanol–water partition coefficient (Wildman–Crippen LogP) is 2.01. The molecule has 2 N–H and O–H groups in total. The Morgan fingerprint density at radius 2 is 2.12 bits per heavy atom. The summed E-state index contributed by atoms with van der Waals surface area (Å²) in [6.07, 6.45) is -0.0822. The van der Waals surface area contributed by atoms with Crippen molar-refractivity contribution in [1.29, 1.82) is 0 Å². The van der Waals surface area contributed by atoms with Crippen LogP contribution >= 0.6 is 11.3 Å². The van der Waals surface area contributed by atoms with Crippen molar-refractivity contribution in [3.63, 3.8) is 0 Å². The summed E-state index contributed by atoms with van der Waals surface area (Å²) in [4.78, 5) is 22.9. The monoisotopic (exact) mass is 255 g/mol. The first-order valence-corrected chi connectivity index (χ1v) is 6.32. The number of hydrogen-bond acceptors (Lipinski definition) is 3. The first-order valence-electron chi connectivity index (χ1n) is 5.44. The van der Waals surface area contributed by atoms with Gasteiger partial charge in [-0.2, -0.15) is 0 Å². The number of thiophene rings is 1. The molecule has 5 heteroatoms. The predicted molar refractivity (Wildman–Crippen MR) is 67.2 cm³/mol. The summed E-state index contributed by atoms with van der Waals surface area (Å²) in [5.41, 5.74) is -0.118. The minimum atomic E-state index is -0.947. The largest absolute Gasteiger partial charge is 0.481 e. The SMILES string of the molecule is CC(C)(CNC(=O)CCC(=O)O)c1cccs1. The number of rotatable bonds is 6. The van der Waals surface area contributed by atoms with E-state index in [0.717, 1.165) is 0 Å². The third-order valence-corrected chi connectivity index (χ3v) is 3.72. The van der Waals surface area contributed by atoms with Gasteiger partial charge in [0.15, 0.2) is 0 Å². The molecule has 0 unspecified atom stereocenters. The summed E-state index contributed by atoms with van der Waals surface area (Å²) in [5.74, 6) is -1.16. The Hall–Kier alpha value is -1.36. The third kappa shape index (κ3) is 4.56. The van der Waals surface area contributed by atoms with Crippen LogP contribution in [0.3, 0.4) is 0 Å². The van der Waals surface area contributed by atoms with Crippen molar-refractivity contribution in [2.45, 2.75) is 32.1 Å². The molecule has 0 aliphatic carbocycles. The van der Waals surface area contributed by atoms with E-state index in [4.69, 9.17) is 5.11 Å². The smallest absolute Gasteiger partial charge is 0.303 e. The van der Waals surface area contributed by atoms with Crippen LogP contribution in [-0.2, 0) is 15.0 Å². The Balaban J connectivity index is 2.40. The summed E-state index contributed by atoms with van der Waals surface area (Å²) < 4.78 is 0. The molecule has 1 aromatic rings. The summed E-state index contributed by atoms with van der Waals surface area (Å²) in [6, 6.07) is 4.02. The molecule has 0 spiro atoms. The van der Waals surface area contributed by atoms with Crippen molar-refractivity contribution >= 4 is 23.2 Å². The Morgan fingerprint density at radius 1 is 1.41 bits per heavy atom. The molecule has 94 valence electrons. The second kappa shape index (κ2) is 5.82. The van der Waals surface area contributed by atoms with Gasteiger partial charge in [0.05, 0.1) is 6.42 Å². The van der Waals surface area contributed by atoms with Crippen molar-refractivity contribution in [2.75, 3.05) is 6.54 Å². The van der Waals surface area contributed by atoms with Gasteiger partial charge in [-0.1, -0.05) is 19.9 Å². The zero-order valence-corrected chi connectivity index (χ0v) is 10.8. The molecule has 0 aliphatic heterocycles. The van der Waals surface area contributed by atoms with E-state index in [1.165, 1.54) is 4.88 Å². The summed E-state index contributed by atoms with van der Waals surface area (Å²) in [7, 11) is 0. The molecule has 0 bridgehead atoms. The molecule has 0 radical (unpaired) electrons. The van der Waals surface area contributed by atoms with Gasteiger partial charge in [-0.3, -0.25) is 9.59 Å². The second-order valence-corrected chi connectivity index (χ2v) is 5.48. The number of carboxylic acid groups (broad SMARTS) is 1. The van der Waals surface area contributed by atoms with E-state index in [0.29, 0.717) is 6.54 Å². The van der Waals surface area contributed by atoms with Crippen molar-refractivity contribution in [3.05, 3.63) is 22.4 Å². The summed E-state index contributed by atoms with van der Waals surface area (Å²) >= 11 is 1.65. The Kier molecular flexibility index (Phi) is 4.69. The number of carbonyl (C=O) groups is 2. The molecule has 1 rings (SSSR count). The Bertz CT molecular complexity index is 384. The highest BCUT2D eigenvalue weighted by Crippen LogP contribution is 2.26. The number of carboxylic acids is 1. The fourth-order valence-corrected chi connectivity index (χ4v) is 2.23. The number of carbonyl (C=O) groups excluding carboxylic acids is 1. The van der Waals surface area contributed by atoms with Gasteiger partial charge in [0, 0.05) is 23.3 Å². The van der Waals surface area contributed by atoms with Gasteiger partial charge in [-0.25, -0.2) is 0 Å². The van der Waals surface area contributed by atoms with E-state index < -0.39 is 5.97 Å². The lowest BCUT2D eigenvalue weighted by molar-refractivity contribution is -0.138. The van der Waals surface area contributed by atoms with Crippen LogP contribution in [0.15, 0.2) is 17.5 Å². The zero-order chi connectivity index (χ0) is 12.9. The quantitative estimate of drug-likeness (QED) is 0.817. The van der Waals surface area contributed by atoms with Crippen LogP contribution in [0.4, 0.5) is 0 Å². The standard InChI is InChI=1S/C12H17NO3S/c1-12(2,9-4-3-7-17-9)8-13-10(14)5-6-11(15)16/h3-4,7H,5-6,8H2,1-2H3,(H,13,14)(H,15,16). The zero-order valence-electron chi connectivity index (χ0n) is 10.0. The molecule has 0 fully saturated rings. The van der Waals surface area contributed by atoms with Crippen LogP contribution in [0.25, 0.3) is 0 Å². The van der Waals surface area contributed by atoms with Crippen LogP contribution in [0, 0.1) is 0 Å². The lowest BCUT2D eigenvalue weighted by atomic mass is 9.91. The highest BCUT2D eigenvalue weighted by molar-refractivity contribution is 7.10. The van der Waals surface area contributed by atoms with Gasteiger partial charge in [0.2, 0.25) is 5.91 Å². The van der Waals surface area contributed by atoms with Gasteiger partial charge in [-0.15, -0.1) is 11.3 Å². The first-order chi connectivity index (χ1) is 7.92. The van der Waals surface area contributed by atoms with Crippen LogP contribution in [-0.4, -0.2) is 23.5 Å². The average Bonchev–Trinajstić information content (AvgIpc) is 2.77. The lowest BCUT2D eigenvalue weighted by Crippen LogP contribution is -2.36. The highest BCUT2D eigenvalue weighted by atomic mass is 32.1. The third-order valence-electron chi connectivity index (χ3n) is 2.48. The van der Waals surface area contributed by atoms with Crippen LogP contribution in [0.5, 0.6) is 0 Å². The molecule has 0 aliphatic rings. The molecule has 1 amide bonds. The Labute approximate surface area is 105 Å². The molecule has 17 heavy (non-hydrogen) atoms. The van der Waals surface area contributed by atoms with Gasteiger partial charge >= 0.3 is 5.97 Å². The fourth-order valence-electron chi connectivity index (χ4n) is 1.38. The van der Waals surface area contributed by atoms with E-state index in [9.17, 15) is 9.59 Å². The first kappa shape index (κ1) is 13.7. The number of amides is 1. The molecular formula is C12H17NO3S. The molecule has 0 saturated carbocycles. The van der Waals surface area contributed by atoms with E-state index in [-0.39, 0.29) is 24.2 Å². The molecule has 0 aromatic carbocycles. The molecule has 0 atom stereocenters. The highest BCUT2D eigenvalue weighted by Gasteiger charge is 2.22. The van der Waals surface area contributed by atoms with Crippen LogP contribution < -0.4 is 5.32 Å². The van der Waals surface area contributed by atoms with Gasteiger partial charge in [0.1, 0.15) is 0 Å². The van der Waals surface area contributed by atoms with Gasteiger partial charge in [-0.05, 0) is 11.4 Å². The number of hydrogen-bond donors (Lipinski definition) is 2. The summed E-state index contributed by atoms with van der Waals surface area (Å²) in [5, 5.41) is 13.2. The van der Waals surface area contributed by atoms with Gasteiger partial charge < -0.3 is 10.4 Å². The van der Waals surface area contributed by atoms with Crippen LogP contribution in [0.2, 0.25) is 0 Å².